The summed E-state index contributed by atoms with van der Waals surface area (Å²) in [5, 5.41) is 0.714. The third-order valence-corrected chi connectivity index (χ3v) is 4.84. The van der Waals surface area contributed by atoms with Gasteiger partial charge in [-0.25, -0.2) is 4.39 Å². The fraction of sp³-hybridized carbons (Fsp3) is 0.176. The first-order chi connectivity index (χ1) is 10.2. The fourth-order valence-electron chi connectivity index (χ4n) is 2.56. The Kier molecular flexibility index (Phi) is 3.90. The van der Waals surface area contributed by atoms with Gasteiger partial charge in [0.25, 0.3) is 0 Å². The van der Waals surface area contributed by atoms with Gasteiger partial charge in [-0.05, 0) is 29.8 Å². The molecule has 3 aromatic rings. The summed E-state index contributed by atoms with van der Waals surface area (Å²) in [5.74, 6) is -0.167. The van der Waals surface area contributed by atoms with Gasteiger partial charge >= 0.3 is 0 Å². The molecule has 108 valence electrons. The molecule has 2 aromatic carbocycles. The minimum Gasteiger partial charge on any atom is -0.370 e. The van der Waals surface area contributed by atoms with E-state index in [2.05, 4.69) is 4.90 Å². The van der Waals surface area contributed by atoms with E-state index in [0.29, 0.717) is 18.5 Å². The number of rotatable bonds is 4. The van der Waals surface area contributed by atoms with Crippen molar-refractivity contribution in [3.63, 3.8) is 0 Å². The summed E-state index contributed by atoms with van der Waals surface area (Å²) in [7, 11) is 2.01. The molecule has 2 nitrogen and oxygen atoms in total. The molecule has 0 fully saturated rings. The molecule has 0 aliphatic rings. The van der Waals surface area contributed by atoms with Crippen LogP contribution >= 0.6 is 11.3 Å². The molecule has 0 spiro atoms. The first-order valence-corrected chi connectivity index (χ1v) is 7.67. The molecular formula is C17H17FN2S. The van der Waals surface area contributed by atoms with Gasteiger partial charge in [0.15, 0.2) is 0 Å². The summed E-state index contributed by atoms with van der Waals surface area (Å²) in [4.78, 5) is 3.17. The predicted molar refractivity (Wildman–Crippen MR) is 88.2 cm³/mol. The number of nitrogens with two attached hydrogens (primary N) is 1. The number of hydrogen-bond donors (Lipinski definition) is 1. The number of anilines is 1. The Morgan fingerprint density at radius 3 is 2.57 bits per heavy atom. The van der Waals surface area contributed by atoms with Crippen molar-refractivity contribution in [2.45, 2.75) is 13.1 Å². The Morgan fingerprint density at radius 1 is 1.10 bits per heavy atom. The Labute approximate surface area is 127 Å². The maximum atomic E-state index is 14.2. The van der Waals surface area contributed by atoms with Crippen LogP contribution in [0.25, 0.3) is 10.1 Å². The Hall–Kier alpha value is -1.91. The molecule has 21 heavy (non-hydrogen) atoms. The summed E-state index contributed by atoms with van der Waals surface area (Å²) >= 11 is 1.58. The van der Waals surface area contributed by atoms with Crippen molar-refractivity contribution in [3.05, 3.63) is 64.8 Å². The summed E-state index contributed by atoms with van der Waals surface area (Å²) in [5.41, 5.74) is 7.96. The van der Waals surface area contributed by atoms with Crippen molar-refractivity contribution >= 4 is 27.1 Å². The molecule has 0 aliphatic carbocycles. The minimum absolute atomic E-state index is 0.167. The predicted octanol–water partition coefficient (Wildman–Crippen LogP) is 4.14. The van der Waals surface area contributed by atoms with Gasteiger partial charge in [-0.3, -0.25) is 0 Å². The van der Waals surface area contributed by atoms with Crippen molar-refractivity contribution in [1.29, 1.82) is 0 Å². The van der Waals surface area contributed by atoms with Crippen LogP contribution in [-0.2, 0) is 13.1 Å². The van der Waals surface area contributed by atoms with E-state index in [-0.39, 0.29) is 5.82 Å². The van der Waals surface area contributed by atoms with Gasteiger partial charge in [0.1, 0.15) is 5.82 Å². The van der Waals surface area contributed by atoms with Crippen LogP contribution in [0, 0.1) is 5.82 Å². The SMILES string of the molecule is CN(Cc1c(CN)sc2cccc(F)c12)c1ccccc1. The quantitative estimate of drug-likeness (QED) is 0.785. The van der Waals surface area contributed by atoms with Crippen LogP contribution in [0.15, 0.2) is 48.5 Å². The van der Waals surface area contributed by atoms with Gasteiger partial charge in [-0.2, -0.15) is 0 Å². The van der Waals surface area contributed by atoms with Crippen LogP contribution < -0.4 is 10.6 Å². The molecule has 1 heterocycles. The molecule has 0 amide bonds. The van der Waals surface area contributed by atoms with E-state index in [9.17, 15) is 4.39 Å². The van der Waals surface area contributed by atoms with Crippen LogP contribution in [0.2, 0.25) is 0 Å². The highest BCUT2D eigenvalue weighted by Crippen LogP contribution is 2.34. The molecule has 2 N–H and O–H groups in total. The highest BCUT2D eigenvalue weighted by Gasteiger charge is 2.16. The lowest BCUT2D eigenvalue weighted by Gasteiger charge is -2.20. The molecule has 0 radical (unpaired) electrons. The van der Waals surface area contributed by atoms with Crippen LogP contribution in [0.5, 0.6) is 0 Å². The number of halogens is 1. The molecule has 3 rings (SSSR count). The Balaban J connectivity index is 2.03. The van der Waals surface area contributed by atoms with Crippen molar-refractivity contribution in [3.8, 4) is 0 Å². The van der Waals surface area contributed by atoms with Gasteiger partial charge in [0.05, 0.1) is 0 Å². The van der Waals surface area contributed by atoms with Crippen LogP contribution in [0.4, 0.5) is 10.1 Å². The zero-order valence-corrected chi connectivity index (χ0v) is 12.7. The number of benzene rings is 2. The third-order valence-electron chi connectivity index (χ3n) is 3.62. The number of hydrogen-bond acceptors (Lipinski definition) is 3. The first kappa shape index (κ1) is 14.0. The molecule has 4 heteroatoms. The number of para-hydroxylation sites is 1. The standard InChI is InChI=1S/C17H17FN2S/c1-20(12-6-3-2-4-7-12)11-13-16(10-19)21-15-9-5-8-14(18)17(13)15/h2-9H,10-11,19H2,1H3. The fourth-order valence-corrected chi connectivity index (χ4v) is 3.67. The van der Waals surface area contributed by atoms with Gasteiger partial charge in [-0.15, -0.1) is 11.3 Å². The van der Waals surface area contributed by atoms with E-state index in [1.165, 1.54) is 6.07 Å². The first-order valence-electron chi connectivity index (χ1n) is 6.85. The van der Waals surface area contributed by atoms with E-state index in [4.69, 9.17) is 5.73 Å². The van der Waals surface area contributed by atoms with E-state index in [0.717, 1.165) is 20.8 Å². The largest absolute Gasteiger partial charge is 0.370 e. The van der Waals surface area contributed by atoms with Gasteiger partial charge in [-0.1, -0.05) is 24.3 Å². The molecular weight excluding hydrogens is 283 g/mol. The summed E-state index contributed by atoms with van der Waals surface area (Å²) < 4.78 is 15.2. The third kappa shape index (κ3) is 2.64. The highest BCUT2D eigenvalue weighted by atomic mass is 32.1. The van der Waals surface area contributed by atoms with E-state index >= 15 is 0 Å². The highest BCUT2D eigenvalue weighted by molar-refractivity contribution is 7.19. The summed E-state index contributed by atoms with van der Waals surface area (Å²) in [6.07, 6.45) is 0. The van der Waals surface area contributed by atoms with E-state index in [1.54, 1.807) is 17.4 Å². The molecule has 0 atom stereocenters. The second-order valence-electron chi connectivity index (χ2n) is 5.01. The van der Waals surface area contributed by atoms with Gasteiger partial charge in [0, 0.05) is 40.8 Å². The maximum absolute atomic E-state index is 14.2. The van der Waals surface area contributed by atoms with Crippen molar-refractivity contribution in [2.75, 3.05) is 11.9 Å². The van der Waals surface area contributed by atoms with Gasteiger partial charge < -0.3 is 10.6 Å². The van der Waals surface area contributed by atoms with Crippen LogP contribution in [-0.4, -0.2) is 7.05 Å². The van der Waals surface area contributed by atoms with E-state index in [1.807, 2.05) is 43.4 Å². The van der Waals surface area contributed by atoms with Crippen LogP contribution in [0.1, 0.15) is 10.4 Å². The van der Waals surface area contributed by atoms with Crippen molar-refractivity contribution < 1.29 is 4.39 Å². The molecule has 1 aromatic heterocycles. The zero-order chi connectivity index (χ0) is 14.8. The molecule has 0 aliphatic heterocycles. The number of nitrogens with zero attached hydrogens (tertiary/aromatic N) is 1. The Morgan fingerprint density at radius 2 is 1.86 bits per heavy atom. The maximum Gasteiger partial charge on any atom is 0.132 e. The smallest absolute Gasteiger partial charge is 0.132 e. The molecule has 0 unspecified atom stereocenters. The van der Waals surface area contributed by atoms with Gasteiger partial charge in [0.2, 0.25) is 0 Å². The molecule has 0 saturated carbocycles. The molecule has 0 saturated heterocycles. The van der Waals surface area contributed by atoms with Crippen molar-refractivity contribution in [2.24, 2.45) is 5.73 Å². The van der Waals surface area contributed by atoms with E-state index < -0.39 is 0 Å². The average Bonchev–Trinajstić information content (AvgIpc) is 2.87. The minimum atomic E-state index is -0.167. The second kappa shape index (κ2) is 5.84. The van der Waals surface area contributed by atoms with Crippen molar-refractivity contribution in [1.82, 2.24) is 0 Å². The average molecular weight is 300 g/mol. The lowest BCUT2D eigenvalue weighted by atomic mass is 10.1. The number of fused-ring (bicyclic) bond motifs is 1. The zero-order valence-electron chi connectivity index (χ0n) is 11.8. The lowest BCUT2D eigenvalue weighted by Crippen LogP contribution is -2.17. The Bertz CT molecular complexity index is 752. The molecule has 0 bridgehead atoms. The second-order valence-corrected chi connectivity index (χ2v) is 6.15. The van der Waals surface area contributed by atoms with Crippen LogP contribution in [0.3, 0.4) is 0 Å². The monoisotopic (exact) mass is 300 g/mol. The summed E-state index contributed by atoms with van der Waals surface area (Å²) in [6, 6.07) is 15.3. The summed E-state index contributed by atoms with van der Waals surface area (Å²) in [6.45, 7) is 1.09. The topological polar surface area (TPSA) is 29.3 Å². The normalized spacial score (nSPS) is 11.0. The number of thiophene rings is 1. The lowest BCUT2D eigenvalue weighted by molar-refractivity contribution is 0.638.